The fourth-order valence-electron chi connectivity index (χ4n) is 5.50. The Hall–Kier alpha value is -3.91. The van der Waals surface area contributed by atoms with Crippen LogP contribution in [-0.4, -0.2) is 56.2 Å². The van der Waals surface area contributed by atoms with Gasteiger partial charge in [-0.05, 0) is 30.4 Å². The summed E-state index contributed by atoms with van der Waals surface area (Å²) in [6, 6.07) is 15.9. The summed E-state index contributed by atoms with van der Waals surface area (Å²) in [4.78, 5) is 46.1. The van der Waals surface area contributed by atoms with Crippen LogP contribution in [0, 0.1) is 0 Å². The van der Waals surface area contributed by atoms with Crippen LogP contribution in [0.1, 0.15) is 42.3 Å². The van der Waals surface area contributed by atoms with Gasteiger partial charge in [-0.15, -0.1) is 0 Å². The predicted octanol–water partition coefficient (Wildman–Crippen LogP) is 1.65. The molecule has 2 aliphatic heterocycles. The van der Waals surface area contributed by atoms with Gasteiger partial charge in [0.05, 0.1) is 26.3 Å². The first-order chi connectivity index (χ1) is 17.8. The lowest BCUT2D eigenvalue weighted by molar-refractivity contribution is -0.858. The van der Waals surface area contributed by atoms with Crippen molar-refractivity contribution in [3.05, 3.63) is 77.3 Å². The van der Waals surface area contributed by atoms with Gasteiger partial charge >= 0.3 is 0 Å². The molecule has 0 bridgehead atoms. The van der Waals surface area contributed by atoms with Crippen molar-refractivity contribution in [1.82, 2.24) is 4.90 Å². The van der Waals surface area contributed by atoms with Crippen LogP contribution in [0.3, 0.4) is 0 Å². The van der Waals surface area contributed by atoms with E-state index in [1.165, 1.54) is 9.80 Å². The van der Waals surface area contributed by atoms with E-state index in [1.54, 1.807) is 41.3 Å². The van der Waals surface area contributed by atoms with Crippen LogP contribution in [0.5, 0.6) is 0 Å². The summed E-state index contributed by atoms with van der Waals surface area (Å²) in [5.74, 6) is -2.99. The monoisotopic (exact) mass is 501 g/mol. The summed E-state index contributed by atoms with van der Waals surface area (Å²) in [6.45, 7) is 3.37. The maximum absolute atomic E-state index is 14.4. The van der Waals surface area contributed by atoms with Gasteiger partial charge in [0.25, 0.3) is 5.91 Å². The highest BCUT2D eigenvalue weighted by atomic mass is 16.3. The molecule has 0 radical (unpaired) electrons. The van der Waals surface area contributed by atoms with Gasteiger partial charge in [-0.2, -0.15) is 0 Å². The molecule has 37 heavy (non-hydrogen) atoms. The SMILES string of the molecule is CCCCN1C(=O)C2(C(C(=O)c3cc4ccccc4o3)=C([O-])C(=O)N2CCC[NH+](C)C)c2ccccc21. The summed E-state index contributed by atoms with van der Waals surface area (Å²) >= 11 is 0. The molecule has 3 heterocycles. The third-order valence-corrected chi connectivity index (χ3v) is 7.24. The number of quaternary nitrogens is 1. The third-order valence-electron chi connectivity index (χ3n) is 7.24. The topological polar surface area (TPSA) is 98.3 Å². The zero-order valence-corrected chi connectivity index (χ0v) is 21.4. The number of ketones is 1. The molecule has 0 saturated carbocycles. The van der Waals surface area contributed by atoms with E-state index >= 15 is 0 Å². The minimum absolute atomic E-state index is 0.0615. The van der Waals surface area contributed by atoms with Crippen molar-refractivity contribution in [2.45, 2.75) is 31.7 Å². The summed E-state index contributed by atoms with van der Waals surface area (Å²) in [7, 11) is 4.00. The highest BCUT2D eigenvalue weighted by Crippen LogP contribution is 2.53. The van der Waals surface area contributed by atoms with E-state index < -0.39 is 28.9 Å². The molecule has 1 unspecified atom stereocenters. The van der Waals surface area contributed by atoms with Gasteiger partial charge in [0.2, 0.25) is 11.7 Å². The summed E-state index contributed by atoms with van der Waals surface area (Å²) in [5.41, 5.74) is -0.541. The molecule has 1 N–H and O–H groups in total. The lowest BCUT2D eigenvalue weighted by atomic mass is 9.81. The summed E-state index contributed by atoms with van der Waals surface area (Å²) in [6.07, 6.45) is 2.18. The Labute approximate surface area is 215 Å². The van der Waals surface area contributed by atoms with Crippen molar-refractivity contribution in [2.75, 3.05) is 38.6 Å². The fourth-order valence-corrected chi connectivity index (χ4v) is 5.50. The largest absolute Gasteiger partial charge is 0.868 e. The van der Waals surface area contributed by atoms with E-state index in [2.05, 4.69) is 0 Å². The van der Waals surface area contributed by atoms with Crippen LogP contribution in [-0.2, 0) is 15.1 Å². The number of rotatable bonds is 9. The van der Waals surface area contributed by atoms with E-state index in [1.807, 2.05) is 39.2 Å². The van der Waals surface area contributed by atoms with Crippen molar-refractivity contribution in [3.8, 4) is 0 Å². The molecule has 8 nitrogen and oxygen atoms in total. The molecular weight excluding hydrogens is 470 g/mol. The highest BCUT2D eigenvalue weighted by Gasteiger charge is 2.63. The minimum Gasteiger partial charge on any atom is -0.868 e. The Morgan fingerprint density at radius 1 is 1.03 bits per heavy atom. The van der Waals surface area contributed by atoms with Crippen molar-refractivity contribution in [3.63, 3.8) is 0 Å². The molecule has 2 aromatic carbocycles. The van der Waals surface area contributed by atoms with Crippen LogP contribution < -0.4 is 14.9 Å². The van der Waals surface area contributed by atoms with Crippen molar-refractivity contribution >= 4 is 34.3 Å². The van der Waals surface area contributed by atoms with Crippen molar-refractivity contribution < 1.29 is 28.8 Å². The van der Waals surface area contributed by atoms with Gasteiger partial charge in [-0.25, -0.2) is 0 Å². The first-order valence-electron chi connectivity index (χ1n) is 12.8. The molecule has 1 atom stereocenters. The number of hydrogen-bond acceptors (Lipinski definition) is 5. The number of carbonyl (C=O) groups is 3. The number of nitrogens with one attached hydrogen (secondary N) is 1. The number of para-hydroxylation sites is 2. The van der Waals surface area contributed by atoms with Crippen molar-refractivity contribution in [1.29, 1.82) is 0 Å². The normalized spacial score (nSPS) is 19.2. The van der Waals surface area contributed by atoms with Gasteiger partial charge in [0, 0.05) is 36.0 Å². The number of unbranched alkanes of at least 4 members (excludes halogenated alkanes) is 1. The Morgan fingerprint density at radius 3 is 2.49 bits per heavy atom. The Kier molecular flexibility index (Phi) is 6.37. The van der Waals surface area contributed by atoms with Crippen LogP contribution in [0.25, 0.3) is 11.0 Å². The van der Waals surface area contributed by atoms with E-state index in [4.69, 9.17) is 4.42 Å². The first-order valence-corrected chi connectivity index (χ1v) is 12.8. The molecular formula is C29H31N3O5. The number of Topliss-reactive ketones (excluding diaryl/α,β-unsaturated/α-hetero) is 1. The second-order valence-corrected chi connectivity index (χ2v) is 9.99. The zero-order valence-electron chi connectivity index (χ0n) is 21.4. The quantitative estimate of drug-likeness (QED) is 0.450. The Morgan fingerprint density at radius 2 is 1.76 bits per heavy atom. The Balaban J connectivity index is 1.70. The zero-order chi connectivity index (χ0) is 26.3. The molecule has 1 spiro atoms. The smallest absolute Gasteiger partial charge is 0.262 e. The van der Waals surface area contributed by atoms with Gasteiger partial charge in [-0.3, -0.25) is 14.4 Å². The summed E-state index contributed by atoms with van der Waals surface area (Å²) < 4.78 is 5.81. The molecule has 3 aromatic rings. The maximum atomic E-state index is 14.4. The number of anilines is 1. The number of amides is 2. The van der Waals surface area contributed by atoms with E-state index in [-0.39, 0.29) is 17.9 Å². The van der Waals surface area contributed by atoms with Gasteiger partial charge in [-0.1, -0.05) is 49.7 Å². The molecule has 0 saturated heterocycles. The standard InChI is InChI=1S/C29H31N3O5/c1-4-5-16-31-21-13-8-7-12-20(21)29(28(31)36)24(26(34)27(35)32(29)17-10-15-30(2)3)25(33)23-18-19-11-6-9-14-22(19)37-23/h6-9,11-14,18,34H,4-5,10,15-17H2,1-3H3. The van der Waals surface area contributed by atoms with E-state index in [0.717, 1.165) is 19.4 Å². The predicted molar refractivity (Wildman–Crippen MR) is 137 cm³/mol. The molecule has 0 aliphatic carbocycles. The highest BCUT2D eigenvalue weighted by molar-refractivity contribution is 6.26. The number of carbonyl (C=O) groups excluding carboxylic acids is 3. The van der Waals surface area contributed by atoms with Gasteiger partial charge < -0.3 is 24.2 Å². The number of furan rings is 1. The number of hydrogen-bond donors (Lipinski definition) is 1. The lowest BCUT2D eigenvalue weighted by Gasteiger charge is -2.36. The molecule has 1 aromatic heterocycles. The number of nitrogens with zero attached hydrogens (tertiary/aromatic N) is 2. The van der Waals surface area contributed by atoms with Crippen LogP contribution in [0.15, 0.2) is 70.3 Å². The minimum atomic E-state index is -1.81. The number of benzene rings is 2. The molecule has 0 fully saturated rings. The molecule has 5 rings (SSSR count). The summed E-state index contributed by atoms with van der Waals surface area (Å²) in [5, 5.41) is 14.3. The molecule has 2 amide bonds. The molecule has 192 valence electrons. The second-order valence-electron chi connectivity index (χ2n) is 9.99. The van der Waals surface area contributed by atoms with Crippen LogP contribution >= 0.6 is 0 Å². The van der Waals surface area contributed by atoms with Crippen LogP contribution in [0.2, 0.25) is 0 Å². The van der Waals surface area contributed by atoms with Gasteiger partial charge in [0.15, 0.2) is 11.3 Å². The first kappa shape index (κ1) is 24.8. The van der Waals surface area contributed by atoms with Gasteiger partial charge in [0.1, 0.15) is 5.58 Å². The molecule has 8 heteroatoms. The molecule has 2 aliphatic rings. The van der Waals surface area contributed by atoms with E-state index in [0.29, 0.717) is 35.2 Å². The van der Waals surface area contributed by atoms with Crippen LogP contribution in [0.4, 0.5) is 5.69 Å². The van der Waals surface area contributed by atoms with Crippen molar-refractivity contribution in [2.24, 2.45) is 0 Å². The van der Waals surface area contributed by atoms with E-state index in [9.17, 15) is 19.5 Å². The maximum Gasteiger partial charge on any atom is 0.262 e. The lowest BCUT2D eigenvalue weighted by Crippen LogP contribution is -3.05. The third kappa shape index (κ3) is 3.74. The average molecular weight is 502 g/mol. The fraction of sp³-hybridized carbons (Fsp3) is 0.345. The Bertz CT molecular complexity index is 1390. The average Bonchev–Trinajstić information content (AvgIpc) is 3.49. The number of fused-ring (bicyclic) bond motifs is 3. The second kappa shape index (κ2) is 9.52.